The molecule has 1 aliphatic carbocycles. The van der Waals surface area contributed by atoms with Crippen LogP contribution in [0.15, 0.2) is 34.5 Å². The van der Waals surface area contributed by atoms with Crippen molar-refractivity contribution in [3.8, 4) is 0 Å². The summed E-state index contributed by atoms with van der Waals surface area (Å²) in [4.78, 5) is 12.5. The van der Waals surface area contributed by atoms with E-state index >= 15 is 0 Å². The molecule has 2 unspecified atom stereocenters. The molecule has 0 saturated carbocycles. The minimum atomic E-state index is 0.208. The zero-order chi connectivity index (χ0) is 14.7. The number of rotatable bonds is 2. The van der Waals surface area contributed by atoms with Crippen molar-refractivity contribution in [2.24, 2.45) is 16.1 Å². The number of hydrogen-bond acceptors (Lipinski definition) is 4. The van der Waals surface area contributed by atoms with E-state index in [9.17, 15) is 0 Å². The smallest absolute Gasteiger partial charge is 0.159 e. The fourth-order valence-corrected chi connectivity index (χ4v) is 4.03. The minimum Gasteiger partial charge on any atom is -0.391 e. The Labute approximate surface area is 131 Å². The number of thioether (sulfide) groups is 1. The third kappa shape index (κ3) is 3.03. The van der Waals surface area contributed by atoms with Gasteiger partial charge in [0.15, 0.2) is 5.17 Å². The van der Waals surface area contributed by atoms with Crippen LogP contribution in [0.3, 0.4) is 0 Å². The van der Waals surface area contributed by atoms with Crippen LogP contribution in [0.4, 0.5) is 0 Å². The van der Waals surface area contributed by atoms with E-state index in [1.807, 2.05) is 7.05 Å². The van der Waals surface area contributed by atoms with Crippen molar-refractivity contribution in [1.29, 1.82) is 0 Å². The molecule has 3 atom stereocenters. The highest BCUT2D eigenvalue weighted by molar-refractivity contribution is 8.13. The van der Waals surface area contributed by atoms with Crippen molar-refractivity contribution in [2.75, 3.05) is 19.8 Å². The molecule has 0 aromatic heterocycles. The highest BCUT2D eigenvalue weighted by atomic mass is 32.2. The molecule has 1 fully saturated rings. The number of amidine groups is 1. The lowest BCUT2D eigenvalue weighted by Gasteiger charge is -2.26. The summed E-state index contributed by atoms with van der Waals surface area (Å²) in [6.07, 6.45) is 15.4. The molecule has 0 amide bonds. The molecule has 2 heterocycles. The zero-order valence-electron chi connectivity index (χ0n) is 12.7. The van der Waals surface area contributed by atoms with Gasteiger partial charge in [-0.3, -0.25) is 4.99 Å². The molecule has 0 bridgehead atoms. The minimum absolute atomic E-state index is 0.208. The van der Waals surface area contributed by atoms with Crippen LogP contribution in [0.2, 0.25) is 0 Å². The van der Waals surface area contributed by atoms with Crippen LogP contribution in [-0.2, 0) is 4.84 Å². The average Bonchev–Trinajstić information content (AvgIpc) is 3.18. The molecule has 0 aromatic rings. The Morgan fingerprint density at radius 2 is 2.38 bits per heavy atom. The third-order valence-electron chi connectivity index (χ3n) is 4.46. The summed E-state index contributed by atoms with van der Waals surface area (Å²) in [5.74, 6) is 0.464. The molecule has 0 radical (unpaired) electrons. The van der Waals surface area contributed by atoms with Gasteiger partial charge < -0.3 is 9.74 Å². The number of oxime groups is 1. The molecule has 1 saturated heterocycles. The molecule has 3 aliphatic rings. The Balaban J connectivity index is 1.65. The van der Waals surface area contributed by atoms with Crippen molar-refractivity contribution >= 4 is 22.6 Å². The molecule has 5 heteroatoms. The largest absolute Gasteiger partial charge is 0.391 e. The quantitative estimate of drug-likeness (QED) is 0.581. The number of likely N-dealkylation sites (tertiary alicyclic amines) is 1. The molecule has 4 nitrogen and oxygen atoms in total. The Morgan fingerprint density at radius 3 is 3.10 bits per heavy atom. The number of nitrogens with zero attached hydrogens (tertiary/aromatic N) is 3. The van der Waals surface area contributed by atoms with Crippen LogP contribution < -0.4 is 0 Å². The van der Waals surface area contributed by atoms with E-state index in [1.54, 1.807) is 11.8 Å². The van der Waals surface area contributed by atoms with E-state index in [4.69, 9.17) is 4.84 Å². The van der Waals surface area contributed by atoms with E-state index in [0.29, 0.717) is 12.0 Å². The molecule has 2 aliphatic heterocycles. The molecular weight excluding hydrogens is 282 g/mol. The lowest BCUT2D eigenvalue weighted by atomic mass is 9.90. The second-order valence-corrected chi connectivity index (χ2v) is 6.48. The van der Waals surface area contributed by atoms with Crippen molar-refractivity contribution in [3.63, 3.8) is 0 Å². The second-order valence-electron chi connectivity index (χ2n) is 5.70. The lowest BCUT2D eigenvalue weighted by Crippen LogP contribution is -2.39. The van der Waals surface area contributed by atoms with Gasteiger partial charge in [0.25, 0.3) is 0 Å². The van der Waals surface area contributed by atoms with Gasteiger partial charge in [-0.25, -0.2) is 0 Å². The summed E-state index contributed by atoms with van der Waals surface area (Å²) in [5, 5.41) is 5.54. The maximum Gasteiger partial charge on any atom is 0.159 e. The topological polar surface area (TPSA) is 37.2 Å². The van der Waals surface area contributed by atoms with Crippen LogP contribution in [0.5, 0.6) is 0 Å². The van der Waals surface area contributed by atoms with Crippen LogP contribution >= 0.6 is 11.8 Å². The van der Waals surface area contributed by atoms with E-state index < -0.39 is 0 Å². The first-order valence-corrected chi connectivity index (χ1v) is 8.89. The maximum absolute atomic E-state index is 5.74. The lowest BCUT2D eigenvalue weighted by molar-refractivity contribution is 0.0556. The summed E-state index contributed by atoms with van der Waals surface area (Å²) in [5.41, 5.74) is 1.20. The van der Waals surface area contributed by atoms with Crippen LogP contribution in [0.25, 0.3) is 0 Å². The fraction of sp³-hybridized carbons (Fsp3) is 0.625. The summed E-state index contributed by atoms with van der Waals surface area (Å²) < 4.78 is 0. The zero-order valence-corrected chi connectivity index (χ0v) is 13.6. The normalized spacial score (nSPS) is 32.5. The highest BCUT2D eigenvalue weighted by Gasteiger charge is 2.37. The summed E-state index contributed by atoms with van der Waals surface area (Å²) in [7, 11) is 1.87. The van der Waals surface area contributed by atoms with Gasteiger partial charge in [0, 0.05) is 25.9 Å². The Kier molecular flexibility index (Phi) is 4.68. The fourth-order valence-electron chi connectivity index (χ4n) is 3.40. The molecule has 3 rings (SSSR count). The average molecular weight is 305 g/mol. The Morgan fingerprint density at radius 1 is 1.48 bits per heavy atom. The van der Waals surface area contributed by atoms with Crippen molar-refractivity contribution in [1.82, 2.24) is 4.90 Å². The first kappa shape index (κ1) is 14.7. The van der Waals surface area contributed by atoms with Gasteiger partial charge in [0.05, 0.1) is 11.8 Å². The number of allylic oxidation sites excluding steroid dienone is 3. The highest BCUT2D eigenvalue weighted by Crippen LogP contribution is 2.31. The van der Waals surface area contributed by atoms with Crippen LogP contribution in [0, 0.1) is 5.92 Å². The molecule has 21 heavy (non-hydrogen) atoms. The number of aliphatic imine (C=N–C) groups is 1. The SMILES string of the molecule is CN=C(SC)N1CCC[C@@H]1C1=NOC(C2C=CC=CC2)C1. The van der Waals surface area contributed by atoms with Crippen molar-refractivity contribution in [3.05, 3.63) is 24.3 Å². The first-order valence-electron chi connectivity index (χ1n) is 7.66. The molecule has 114 valence electrons. The standard InChI is InChI=1S/C16H23N3OS/c1-17-16(21-2)19-10-6-9-14(19)13-11-15(20-18-13)12-7-4-3-5-8-12/h3-5,7,12,14-15H,6,8-11H2,1-2H3/t12?,14-,15?/m1/s1. The molecular formula is C16H23N3OS. The van der Waals surface area contributed by atoms with E-state index in [-0.39, 0.29) is 6.10 Å². The summed E-state index contributed by atoms with van der Waals surface area (Å²) in [6.45, 7) is 1.08. The van der Waals surface area contributed by atoms with Gasteiger partial charge in [0.2, 0.25) is 0 Å². The Hall–Kier alpha value is -1.23. The van der Waals surface area contributed by atoms with Gasteiger partial charge in [0.1, 0.15) is 6.10 Å². The van der Waals surface area contributed by atoms with E-state index in [0.717, 1.165) is 31.0 Å². The van der Waals surface area contributed by atoms with Gasteiger partial charge in [-0.2, -0.15) is 0 Å². The van der Waals surface area contributed by atoms with E-state index in [2.05, 4.69) is 45.6 Å². The second kappa shape index (κ2) is 6.69. The maximum atomic E-state index is 5.74. The van der Waals surface area contributed by atoms with Gasteiger partial charge in [-0.1, -0.05) is 41.2 Å². The van der Waals surface area contributed by atoms with Gasteiger partial charge >= 0.3 is 0 Å². The molecule has 0 N–H and O–H groups in total. The van der Waals surface area contributed by atoms with Crippen LogP contribution in [-0.4, -0.2) is 47.8 Å². The predicted molar refractivity (Wildman–Crippen MR) is 89.9 cm³/mol. The molecule has 0 aromatic carbocycles. The van der Waals surface area contributed by atoms with Crippen LogP contribution in [0.1, 0.15) is 25.7 Å². The van der Waals surface area contributed by atoms with Gasteiger partial charge in [-0.05, 0) is 25.5 Å². The summed E-state index contributed by atoms with van der Waals surface area (Å²) in [6, 6.07) is 0.379. The first-order chi connectivity index (χ1) is 10.3. The van der Waals surface area contributed by atoms with Crippen molar-refractivity contribution in [2.45, 2.75) is 37.8 Å². The third-order valence-corrected chi connectivity index (χ3v) is 5.25. The monoisotopic (exact) mass is 305 g/mol. The van der Waals surface area contributed by atoms with E-state index in [1.165, 1.54) is 12.1 Å². The van der Waals surface area contributed by atoms with Gasteiger partial charge in [-0.15, -0.1) is 0 Å². The summed E-state index contributed by atoms with van der Waals surface area (Å²) >= 11 is 1.72. The number of hydrogen-bond donors (Lipinski definition) is 0. The Bertz CT molecular complexity index is 498. The predicted octanol–water partition coefficient (Wildman–Crippen LogP) is 3.08. The van der Waals surface area contributed by atoms with Crippen molar-refractivity contribution < 1.29 is 4.84 Å². The molecule has 0 spiro atoms.